The van der Waals surface area contributed by atoms with Crippen LogP contribution >= 0.6 is 0 Å². The standard InChI is InChI=1S/C34H36N2O3/c1-23-20-31(34(39)35-19-5-8-24-6-3-2-4-7-24)30-18-17-29(22-32(30)36-23)28-15-13-27(14-16-28)26-11-9-25(10-12-26)21-33(37)38/h2-4,6-7,13-18,20,22,25-26H,5,8-12,19,21H2,1H3,(H,35,39)(H,37,38). The summed E-state index contributed by atoms with van der Waals surface area (Å²) >= 11 is 0. The first-order chi connectivity index (χ1) is 19.0. The molecular weight excluding hydrogens is 484 g/mol. The first-order valence-electron chi connectivity index (χ1n) is 14.0. The second-order valence-corrected chi connectivity index (χ2v) is 10.8. The second-order valence-electron chi connectivity index (χ2n) is 10.8. The van der Waals surface area contributed by atoms with Crippen LogP contribution in [0.25, 0.3) is 22.0 Å². The number of aromatic nitrogens is 1. The number of nitrogens with zero attached hydrogens (tertiary/aromatic N) is 1. The summed E-state index contributed by atoms with van der Waals surface area (Å²) in [5.74, 6) is 0.0646. The van der Waals surface area contributed by atoms with Crippen molar-refractivity contribution in [3.05, 3.63) is 101 Å². The molecule has 0 saturated heterocycles. The molecule has 39 heavy (non-hydrogen) atoms. The van der Waals surface area contributed by atoms with Gasteiger partial charge >= 0.3 is 5.97 Å². The molecular formula is C34H36N2O3. The van der Waals surface area contributed by atoms with Crippen LogP contribution in [0.5, 0.6) is 0 Å². The van der Waals surface area contributed by atoms with Gasteiger partial charge in [0, 0.05) is 24.0 Å². The maximum atomic E-state index is 13.1. The number of carboxylic acids is 1. The molecule has 5 rings (SSSR count). The van der Waals surface area contributed by atoms with Gasteiger partial charge in [-0.3, -0.25) is 14.6 Å². The van der Waals surface area contributed by atoms with Gasteiger partial charge in [0.2, 0.25) is 0 Å². The first kappa shape index (κ1) is 26.6. The first-order valence-corrected chi connectivity index (χ1v) is 14.0. The third-order valence-corrected chi connectivity index (χ3v) is 7.98. The van der Waals surface area contributed by atoms with Crippen LogP contribution in [0.1, 0.15) is 71.6 Å². The molecule has 2 N–H and O–H groups in total. The van der Waals surface area contributed by atoms with Gasteiger partial charge in [-0.05, 0) is 91.7 Å². The highest BCUT2D eigenvalue weighted by molar-refractivity contribution is 6.06. The number of pyridine rings is 1. The lowest BCUT2D eigenvalue weighted by Gasteiger charge is -2.28. The summed E-state index contributed by atoms with van der Waals surface area (Å²) in [7, 11) is 0. The molecule has 1 saturated carbocycles. The fourth-order valence-corrected chi connectivity index (χ4v) is 5.86. The van der Waals surface area contributed by atoms with Crippen molar-refractivity contribution < 1.29 is 14.7 Å². The van der Waals surface area contributed by atoms with E-state index in [4.69, 9.17) is 10.1 Å². The van der Waals surface area contributed by atoms with E-state index in [1.54, 1.807) is 0 Å². The highest BCUT2D eigenvalue weighted by atomic mass is 16.4. The second kappa shape index (κ2) is 12.2. The van der Waals surface area contributed by atoms with Crippen molar-refractivity contribution in [2.45, 2.75) is 57.8 Å². The number of carbonyl (C=O) groups is 2. The van der Waals surface area contributed by atoms with Gasteiger partial charge < -0.3 is 10.4 Å². The average molecular weight is 521 g/mol. The van der Waals surface area contributed by atoms with E-state index in [0.29, 0.717) is 30.4 Å². The zero-order valence-electron chi connectivity index (χ0n) is 22.5. The van der Waals surface area contributed by atoms with E-state index in [9.17, 15) is 9.59 Å². The van der Waals surface area contributed by atoms with E-state index >= 15 is 0 Å². The molecule has 1 aromatic heterocycles. The Hall–Kier alpha value is -3.99. The van der Waals surface area contributed by atoms with Crippen LogP contribution in [0, 0.1) is 12.8 Å². The number of hydrogen-bond donors (Lipinski definition) is 2. The summed E-state index contributed by atoms with van der Waals surface area (Å²) in [4.78, 5) is 28.8. The lowest BCUT2D eigenvalue weighted by Crippen LogP contribution is -2.25. The zero-order chi connectivity index (χ0) is 27.2. The molecule has 5 nitrogen and oxygen atoms in total. The van der Waals surface area contributed by atoms with E-state index in [0.717, 1.165) is 66.2 Å². The van der Waals surface area contributed by atoms with E-state index < -0.39 is 5.97 Å². The molecule has 1 fully saturated rings. The minimum Gasteiger partial charge on any atom is -0.481 e. The molecule has 0 atom stereocenters. The van der Waals surface area contributed by atoms with Gasteiger partial charge in [-0.1, -0.05) is 66.7 Å². The van der Waals surface area contributed by atoms with Crippen molar-refractivity contribution in [1.82, 2.24) is 10.3 Å². The van der Waals surface area contributed by atoms with Gasteiger partial charge in [-0.2, -0.15) is 0 Å². The Labute approximate surface area is 230 Å². The molecule has 1 aliphatic carbocycles. The quantitative estimate of drug-likeness (QED) is 0.227. The molecule has 0 aliphatic heterocycles. The Morgan fingerprint density at radius 3 is 2.33 bits per heavy atom. The number of benzene rings is 3. The van der Waals surface area contributed by atoms with E-state index in [1.807, 2.05) is 37.3 Å². The van der Waals surface area contributed by atoms with Gasteiger partial charge in [0.05, 0.1) is 11.1 Å². The maximum absolute atomic E-state index is 13.1. The molecule has 1 amide bonds. The van der Waals surface area contributed by atoms with Gasteiger partial charge in [-0.15, -0.1) is 0 Å². The van der Waals surface area contributed by atoms with E-state index in [-0.39, 0.29) is 5.91 Å². The Balaban J connectivity index is 1.25. The number of amides is 1. The van der Waals surface area contributed by atoms with Crippen LogP contribution in [0.2, 0.25) is 0 Å². The lowest BCUT2D eigenvalue weighted by atomic mass is 9.77. The Bertz CT molecular complexity index is 1440. The predicted molar refractivity (Wildman–Crippen MR) is 156 cm³/mol. The number of nitrogens with one attached hydrogen (secondary N) is 1. The molecule has 4 aromatic rings. The average Bonchev–Trinajstić information content (AvgIpc) is 2.95. The van der Waals surface area contributed by atoms with Crippen LogP contribution in [0.15, 0.2) is 78.9 Å². The Morgan fingerprint density at radius 1 is 0.897 bits per heavy atom. The van der Waals surface area contributed by atoms with Crippen molar-refractivity contribution in [3.8, 4) is 11.1 Å². The summed E-state index contributed by atoms with van der Waals surface area (Å²) in [5, 5.41) is 13.0. The molecule has 3 aromatic carbocycles. The van der Waals surface area contributed by atoms with Crippen LogP contribution in [0.3, 0.4) is 0 Å². The predicted octanol–water partition coefficient (Wildman–Crippen LogP) is 7.32. The summed E-state index contributed by atoms with van der Waals surface area (Å²) in [6.07, 6.45) is 6.18. The Morgan fingerprint density at radius 2 is 1.62 bits per heavy atom. The van der Waals surface area contributed by atoms with Gasteiger partial charge in [0.25, 0.3) is 5.91 Å². The topological polar surface area (TPSA) is 79.3 Å². The van der Waals surface area contributed by atoms with Gasteiger partial charge in [0.15, 0.2) is 0 Å². The van der Waals surface area contributed by atoms with E-state index in [2.05, 4.69) is 53.8 Å². The molecule has 1 heterocycles. The van der Waals surface area contributed by atoms with Crippen molar-refractivity contribution in [1.29, 1.82) is 0 Å². The van der Waals surface area contributed by atoms with Crippen LogP contribution in [-0.4, -0.2) is 28.5 Å². The SMILES string of the molecule is Cc1cc(C(=O)NCCCc2ccccc2)c2ccc(-c3ccc(C4CCC(CC(=O)O)CC4)cc3)cc2n1. The molecule has 5 heteroatoms. The van der Waals surface area contributed by atoms with Crippen molar-refractivity contribution in [3.63, 3.8) is 0 Å². The minimum atomic E-state index is -0.686. The number of carboxylic acid groups (broad SMARTS) is 1. The monoisotopic (exact) mass is 520 g/mol. The molecule has 0 bridgehead atoms. The molecule has 1 aliphatic rings. The molecule has 0 radical (unpaired) electrons. The summed E-state index contributed by atoms with van der Waals surface area (Å²) in [6.45, 7) is 2.56. The van der Waals surface area contributed by atoms with Gasteiger partial charge in [0.1, 0.15) is 0 Å². The third-order valence-electron chi connectivity index (χ3n) is 7.98. The highest BCUT2D eigenvalue weighted by Crippen LogP contribution is 2.37. The fourth-order valence-electron chi connectivity index (χ4n) is 5.86. The molecule has 0 spiro atoms. The normalized spacial score (nSPS) is 17.2. The van der Waals surface area contributed by atoms with Crippen molar-refractivity contribution >= 4 is 22.8 Å². The van der Waals surface area contributed by atoms with Crippen molar-refractivity contribution in [2.24, 2.45) is 5.92 Å². The van der Waals surface area contributed by atoms with Crippen LogP contribution in [0.4, 0.5) is 0 Å². The molecule has 200 valence electrons. The third kappa shape index (κ3) is 6.72. The number of aryl methyl sites for hydroxylation is 2. The summed E-state index contributed by atoms with van der Waals surface area (Å²) in [5.41, 5.74) is 7.11. The Kier molecular flexibility index (Phi) is 8.36. The van der Waals surface area contributed by atoms with Gasteiger partial charge in [-0.25, -0.2) is 0 Å². The lowest BCUT2D eigenvalue weighted by molar-refractivity contribution is -0.138. The summed E-state index contributed by atoms with van der Waals surface area (Å²) < 4.78 is 0. The smallest absolute Gasteiger partial charge is 0.303 e. The number of fused-ring (bicyclic) bond motifs is 1. The fraction of sp³-hybridized carbons (Fsp3) is 0.324. The maximum Gasteiger partial charge on any atom is 0.303 e. The summed E-state index contributed by atoms with van der Waals surface area (Å²) in [6, 6.07) is 27.1. The number of rotatable bonds is 9. The number of hydrogen-bond acceptors (Lipinski definition) is 3. The zero-order valence-corrected chi connectivity index (χ0v) is 22.5. The number of aliphatic carboxylic acids is 1. The number of carbonyl (C=O) groups excluding carboxylic acids is 1. The molecule has 0 unspecified atom stereocenters. The highest BCUT2D eigenvalue weighted by Gasteiger charge is 2.24. The minimum absolute atomic E-state index is 0.0614. The van der Waals surface area contributed by atoms with Crippen molar-refractivity contribution in [2.75, 3.05) is 6.54 Å². The van der Waals surface area contributed by atoms with Crippen LogP contribution in [-0.2, 0) is 11.2 Å². The van der Waals surface area contributed by atoms with Crippen LogP contribution < -0.4 is 5.32 Å². The van der Waals surface area contributed by atoms with E-state index in [1.165, 1.54) is 11.1 Å². The largest absolute Gasteiger partial charge is 0.481 e.